The topological polar surface area (TPSA) is 45.0 Å². The Morgan fingerprint density at radius 1 is 1.27 bits per heavy atom. The van der Waals surface area contributed by atoms with E-state index in [2.05, 4.69) is 5.32 Å². The van der Waals surface area contributed by atoms with Gasteiger partial charge in [0.2, 0.25) is 0 Å². The Balaban J connectivity index is 1.94. The van der Waals surface area contributed by atoms with Gasteiger partial charge in [-0.15, -0.1) is 0 Å². The fourth-order valence-electron chi connectivity index (χ4n) is 2.82. The van der Waals surface area contributed by atoms with Gasteiger partial charge in [0.1, 0.15) is 17.2 Å². The van der Waals surface area contributed by atoms with E-state index in [0.29, 0.717) is 11.3 Å². The summed E-state index contributed by atoms with van der Waals surface area (Å²) in [5.74, 6) is 0.408. The summed E-state index contributed by atoms with van der Waals surface area (Å²) in [5.41, 5.74) is 1.41. The molecule has 1 aliphatic heterocycles. The quantitative estimate of drug-likeness (QED) is 0.892. The predicted molar refractivity (Wildman–Crippen MR) is 83.2 cm³/mol. The third-order valence-electron chi connectivity index (χ3n) is 3.80. The van der Waals surface area contributed by atoms with Crippen LogP contribution in [0.15, 0.2) is 42.5 Å². The highest BCUT2D eigenvalue weighted by Gasteiger charge is 2.33. The molecule has 0 spiro atoms. The average molecular weight is 296 g/mol. The molecule has 1 heterocycles. The summed E-state index contributed by atoms with van der Waals surface area (Å²) < 4.78 is 20.1. The Bertz CT molecular complexity index is 749. The van der Waals surface area contributed by atoms with Crippen LogP contribution >= 0.6 is 0 Å². The number of nitrogens with one attached hydrogen (secondary N) is 1. The molecule has 0 saturated heterocycles. The number of ether oxygens (including phenoxy) is 1. The summed E-state index contributed by atoms with van der Waals surface area (Å²) in [5, 5.41) is 12.1. The van der Waals surface area contributed by atoms with Crippen molar-refractivity contribution < 1.29 is 9.13 Å². The Hall–Kier alpha value is -2.54. The minimum Gasteiger partial charge on any atom is -0.487 e. The normalized spacial score (nSPS) is 18.7. The second-order valence-electron chi connectivity index (χ2n) is 6.11. The first-order valence-corrected chi connectivity index (χ1v) is 7.23. The van der Waals surface area contributed by atoms with Crippen molar-refractivity contribution in [2.24, 2.45) is 0 Å². The molecule has 0 saturated carbocycles. The van der Waals surface area contributed by atoms with Gasteiger partial charge in [-0.1, -0.05) is 18.2 Å². The fourth-order valence-corrected chi connectivity index (χ4v) is 2.82. The van der Waals surface area contributed by atoms with Crippen molar-refractivity contribution in [3.8, 4) is 11.8 Å². The molecule has 2 aromatic rings. The first-order chi connectivity index (χ1) is 10.5. The Morgan fingerprint density at radius 2 is 2.05 bits per heavy atom. The van der Waals surface area contributed by atoms with Crippen LogP contribution in [0.5, 0.6) is 5.75 Å². The first-order valence-electron chi connectivity index (χ1n) is 7.23. The van der Waals surface area contributed by atoms with E-state index in [4.69, 9.17) is 10.00 Å². The van der Waals surface area contributed by atoms with E-state index in [1.807, 2.05) is 44.2 Å². The summed E-state index contributed by atoms with van der Waals surface area (Å²) in [6.45, 7) is 4.04. The highest BCUT2D eigenvalue weighted by atomic mass is 19.1. The molecule has 1 unspecified atom stereocenters. The molecule has 0 aromatic heterocycles. The van der Waals surface area contributed by atoms with E-state index in [1.54, 1.807) is 12.1 Å². The lowest BCUT2D eigenvalue weighted by atomic mass is 9.89. The van der Waals surface area contributed by atoms with E-state index in [9.17, 15) is 4.39 Å². The van der Waals surface area contributed by atoms with E-state index in [0.717, 1.165) is 17.7 Å². The van der Waals surface area contributed by atoms with Gasteiger partial charge in [0, 0.05) is 12.0 Å². The van der Waals surface area contributed by atoms with Crippen molar-refractivity contribution in [2.45, 2.75) is 31.9 Å². The van der Waals surface area contributed by atoms with Gasteiger partial charge in [-0.25, -0.2) is 4.39 Å². The maximum absolute atomic E-state index is 14.1. The number of rotatable bonds is 2. The zero-order valence-electron chi connectivity index (χ0n) is 12.6. The Kier molecular flexibility index (Phi) is 3.50. The number of nitrogens with zero attached hydrogens (tertiary/aromatic N) is 1. The van der Waals surface area contributed by atoms with Gasteiger partial charge in [-0.3, -0.25) is 0 Å². The molecule has 1 atom stereocenters. The predicted octanol–water partition coefficient (Wildman–Crippen LogP) is 4.41. The van der Waals surface area contributed by atoms with Crippen LogP contribution in [0.2, 0.25) is 0 Å². The fraction of sp³-hybridized carbons (Fsp3) is 0.278. The highest BCUT2D eigenvalue weighted by molar-refractivity contribution is 5.52. The monoisotopic (exact) mass is 296 g/mol. The minimum absolute atomic E-state index is 0.0395. The number of hydrogen-bond donors (Lipinski definition) is 1. The molecule has 22 heavy (non-hydrogen) atoms. The number of hydrogen-bond acceptors (Lipinski definition) is 3. The number of para-hydroxylation sites is 1. The van der Waals surface area contributed by atoms with Gasteiger partial charge in [0.05, 0.1) is 23.4 Å². The van der Waals surface area contributed by atoms with Crippen LogP contribution in [0.1, 0.15) is 37.4 Å². The number of halogens is 1. The zero-order valence-corrected chi connectivity index (χ0v) is 12.6. The molecule has 0 bridgehead atoms. The summed E-state index contributed by atoms with van der Waals surface area (Å²) in [4.78, 5) is 0. The van der Waals surface area contributed by atoms with Crippen LogP contribution in [-0.4, -0.2) is 5.60 Å². The largest absolute Gasteiger partial charge is 0.487 e. The molecule has 4 heteroatoms. The number of benzene rings is 2. The van der Waals surface area contributed by atoms with Gasteiger partial charge < -0.3 is 10.1 Å². The molecule has 1 aliphatic rings. The van der Waals surface area contributed by atoms with Crippen LogP contribution in [0, 0.1) is 17.1 Å². The SMILES string of the molecule is CC1(C)CC(Nc2ccc(C#N)cc2F)c2ccccc2O1. The summed E-state index contributed by atoms with van der Waals surface area (Å²) in [6.07, 6.45) is 0.726. The van der Waals surface area contributed by atoms with Gasteiger partial charge >= 0.3 is 0 Å². The van der Waals surface area contributed by atoms with E-state index in [1.165, 1.54) is 6.07 Å². The third kappa shape index (κ3) is 2.75. The second kappa shape index (κ2) is 5.34. The van der Waals surface area contributed by atoms with Crippen molar-refractivity contribution >= 4 is 5.69 Å². The van der Waals surface area contributed by atoms with Crippen molar-refractivity contribution in [2.75, 3.05) is 5.32 Å². The summed E-state index contributed by atoms with van der Waals surface area (Å²) in [6, 6.07) is 14.2. The minimum atomic E-state index is -0.416. The standard InChI is InChI=1S/C18H17FN2O/c1-18(2)10-16(13-5-3-4-6-17(13)22-18)21-15-8-7-12(11-20)9-14(15)19/h3-9,16,21H,10H2,1-2H3. The molecule has 0 radical (unpaired) electrons. The molecule has 1 N–H and O–H groups in total. The molecule has 0 aliphatic carbocycles. The summed E-state index contributed by atoms with van der Waals surface area (Å²) >= 11 is 0. The number of anilines is 1. The lowest BCUT2D eigenvalue weighted by Crippen LogP contribution is -2.37. The molecule has 2 aromatic carbocycles. The zero-order chi connectivity index (χ0) is 15.7. The molecular formula is C18H17FN2O. The number of fused-ring (bicyclic) bond motifs is 1. The van der Waals surface area contributed by atoms with Crippen molar-refractivity contribution in [3.05, 3.63) is 59.4 Å². The molecule has 0 fully saturated rings. The Labute approximate surface area is 129 Å². The molecule has 3 rings (SSSR count). The van der Waals surface area contributed by atoms with Gasteiger partial charge in [-0.05, 0) is 38.1 Å². The lowest BCUT2D eigenvalue weighted by Gasteiger charge is -2.38. The van der Waals surface area contributed by atoms with Crippen LogP contribution < -0.4 is 10.1 Å². The molecular weight excluding hydrogens is 279 g/mol. The van der Waals surface area contributed by atoms with E-state index >= 15 is 0 Å². The van der Waals surface area contributed by atoms with Crippen molar-refractivity contribution in [1.82, 2.24) is 0 Å². The van der Waals surface area contributed by atoms with Crippen LogP contribution in [-0.2, 0) is 0 Å². The summed E-state index contributed by atoms with van der Waals surface area (Å²) in [7, 11) is 0. The average Bonchev–Trinajstić information content (AvgIpc) is 2.48. The van der Waals surface area contributed by atoms with Crippen LogP contribution in [0.25, 0.3) is 0 Å². The lowest BCUT2D eigenvalue weighted by molar-refractivity contribution is 0.0758. The van der Waals surface area contributed by atoms with Gasteiger partial charge in [0.25, 0.3) is 0 Å². The van der Waals surface area contributed by atoms with Crippen LogP contribution in [0.3, 0.4) is 0 Å². The van der Waals surface area contributed by atoms with Crippen molar-refractivity contribution in [1.29, 1.82) is 5.26 Å². The maximum Gasteiger partial charge on any atom is 0.147 e. The Morgan fingerprint density at radius 3 is 2.77 bits per heavy atom. The van der Waals surface area contributed by atoms with E-state index < -0.39 is 5.82 Å². The van der Waals surface area contributed by atoms with Gasteiger partial charge in [0.15, 0.2) is 0 Å². The van der Waals surface area contributed by atoms with Crippen LogP contribution in [0.4, 0.5) is 10.1 Å². The molecule has 3 nitrogen and oxygen atoms in total. The second-order valence-corrected chi connectivity index (χ2v) is 6.11. The molecule has 112 valence electrons. The maximum atomic E-state index is 14.1. The highest BCUT2D eigenvalue weighted by Crippen LogP contribution is 2.41. The van der Waals surface area contributed by atoms with Gasteiger partial charge in [-0.2, -0.15) is 5.26 Å². The molecule has 0 amide bonds. The van der Waals surface area contributed by atoms with Crippen molar-refractivity contribution in [3.63, 3.8) is 0 Å². The number of nitriles is 1. The first kappa shape index (κ1) is 14.4. The third-order valence-corrected chi connectivity index (χ3v) is 3.80. The smallest absolute Gasteiger partial charge is 0.147 e. The van der Waals surface area contributed by atoms with E-state index in [-0.39, 0.29) is 11.6 Å².